The fourth-order valence-electron chi connectivity index (χ4n) is 4.11. The van der Waals surface area contributed by atoms with Crippen LogP contribution in [0.25, 0.3) is 0 Å². The van der Waals surface area contributed by atoms with Crippen LogP contribution in [0.15, 0.2) is 49.1 Å². The van der Waals surface area contributed by atoms with Crippen LogP contribution in [0.2, 0.25) is 0 Å². The Hall–Kier alpha value is -1.00. The normalized spacial score (nSPS) is 11.2. The molecule has 34 heavy (non-hydrogen) atoms. The summed E-state index contributed by atoms with van der Waals surface area (Å²) >= 11 is 4.12. The van der Waals surface area contributed by atoms with Crippen LogP contribution in [0.4, 0.5) is 0 Å². The lowest BCUT2D eigenvalue weighted by molar-refractivity contribution is -0.697. The van der Waals surface area contributed by atoms with Crippen LogP contribution < -0.4 is 9.13 Å². The topological polar surface area (TPSA) is 7.76 Å². The molecule has 0 aliphatic rings. The maximum atomic E-state index is 2.35. The molecule has 4 heteroatoms. The van der Waals surface area contributed by atoms with Gasteiger partial charge in [-0.25, -0.2) is 9.13 Å². The van der Waals surface area contributed by atoms with Gasteiger partial charge in [0.2, 0.25) is 0 Å². The van der Waals surface area contributed by atoms with Gasteiger partial charge in [-0.05, 0) is 24.0 Å². The van der Waals surface area contributed by atoms with Crippen LogP contribution in [0.1, 0.15) is 102 Å². The molecule has 0 aliphatic heterocycles. The summed E-state index contributed by atoms with van der Waals surface area (Å²) in [5, 5.41) is 0. The number of aromatic nitrogens is 2. The van der Waals surface area contributed by atoms with Gasteiger partial charge in [0.25, 0.3) is 0 Å². The first-order chi connectivity index (χ1) is 16.8. The Morgan fingerprint density at radius 2 is 0.853 bits per heavy atom. The summed E-state index contributed by atoms with van der Waals surface area (Å²) in [6.07, 6.45) is 25.5. The number of rotatable bonds is 21. The number of unbranched alkanes of at least 4 members (excludes halogenated alkanes) is 10. The molecule has 0 bridgehead atoms. The summed E-state index contributed by atoms with van der Waals surface area (Å²) in [6.45, 7) is 6.89. The van der Waals surface area contributed by atoms with Gasteiger partial charge in [0.1, 0.15) is 13.1 Å². The SMILES string of the molecule is CCCCCCCC[n+]1ccc(CSCCSCc2cc[n+](CCCCCCCC)cc2)cc1. The van der Waals surface area contributed by atoms with Gasteiger partial charge in [-0.2, -0.15) is 23.5 Å². The lowest BCUT2D eigenvalue weighted by atomic mass is 10.1. The molecular weight excluding hydrogens is 452 g/mol. The van der Waals surface area contributed by atoms with Crippen LogP contribution in [0.5, 0.6) is 0 Å². The summed E-state index contributed by atoms with van der Waals surface area (Å²) < 4.78 is 4.70. The summed E-state index contributed by atoms with van der Waals surface area (Å²) in [5.41, 5.74) is 2.90. The van der Waals surface area contributed by atoms with Gasteiger partial charge < -0.3 is 0 Å². The van der Waals surface area contributed by atoms with Crippen molar-refractivity contribution in [2.24, 2.45) is 0 Å². The van der Waals surface area contributed by atoms with E-state index in [1.165, 1.54) is 99.7 Å². The number of pyridine rings is 2. The fraction of sp³-hybridized carbons (Fsp3) is 0.667. The molecule has 0 fully saturated rings. The van der Waals surface area contributed by atoms with E-state index in [-0.39, 0.29) is 0 Å². The molecule has 0 aromatic carbocycles. The molecule has 0 saturated carbocycles. The third-order valence-electron chi connectivity index (χ3n) is 6.37. The quantitative estimate of drug-likeness (QED) is 0.126. The molecule has 0 unspecified atom stereocenters. The first-order valence-corrected chi connectivity index (χ1v) is 16.2. The Balaban J connectivity index is 1.48. The maximum Gasteiger partial charge on any atom is 0.169 e. The van der Waals surface area contributed by atoms with Gasteiger partial charge in [-0.1, -0.05) is 65.2 Å². The van der Waals surface area contributed by atoms with Crippen LogP contribution in [0.3, 0.4) is 0 Å². The molecule has 0 N–H and O–H groups in total. The van der Waals surface area contributed by atoms with Crippen LogP contribution in [-0.4, -0.2) is 11.5 Å². The molecule has 2 rings (SSSR count). The summed E-state index contributed by atoms with van der Waals surface area (Å²) in [4.78, 5) is 0. The minimum absolute atomic E-state index is 1.13. The zero-order chi connectivity index (χ0) is 24.1. The van der Waals surface area contributed by atoms with Crippen molar-refractivity contribution in [3.8, 4) is 0 Å². The smallest absolute Gasteiger partial charge is 0.169 e. The largest absolute Gasteiger partial charge is 0.205 e. The zero-order valence-corrected chi connectivity index (χ0v) is 23.7. The van der Waals surface area contributed by atoms with Crippen LogP contribution >= 0.6 is 23.5 Å². The minimum Gasteiger partial charge on any atom is -0.205 e. The van der Waals surface area contributed by atoms with E-state index in [9.17, 15) is 0 Å². The maximum absolute atomic E-state index is 2.35. The molecule has 0 saturated heterocycles. The van der Waals surface area contributed by atoms with Gasteiger partial charge in [0, 0.05) is 60.1 Å². The molecule has 0 spiro atoms. The van der Waals surface area contributed by atoms with E-state index in [4.69, 9.17) is 0 Å². The van der Waals surface area contributed by atoms with Gasteiger partial charge in [-0.15, -0.1) is 0 Å². The predicted molar refractivity (Wildman–Crippen MR) is 152 cm³/mol. The third-order valence-corrected chi connectivity index (χ3v) is 8.69. The highest BCUT2D eigenvalue weighted by atomic mass is 32.2. The predicted octanol–water partition coefficient (Wildman–Crippen LogP) is 8.15. The zero-order valence-electron chi connectivity index (χ0n) is 22.1. The first-order valence-electron chi connectivity index (χ1n) is 13.9. The highest BCUT2D eigenvalue weighted by Crippen LogP contribution is 2.16. The second-order valence-corrected chi connectivity index (χ2v) is 11.7. The van der Waals surface area contributed by atoms with E-state index in [1.807, 2.05) is 0 Å². The van der Waals surface area contributed by atoms with E-state index in [1.54, 1.807) is 0 Å². The van der Waals surface area contributed by atoms with E-state index in [0.29, 0.717) is 0 Å². The lowest BCUT2D eigenvalue weighted by Gasteiger charge is -2.04. The van der Waals surface area contributed by atoms with E-state index in [2.05, 4.69) is 95.6 Å². The molecule has 0 aliphatic carbocycles. The molecule has 2 aromatic rings. The molecule has 2 nitrogen and oxygen atoms in total. The monoisotopic (exact) mass is 502 g/mol. The average Bonchev–Trinajstić information content (AvgIpc) is 2.87. The minimum atomic E-state index is 1.13. The molecule has 2 heterocycles. The second kappa shape index (κ2) is 20.2. The number of aryl methyl sites for hydroxylation is 2. The van der Waals surface area contributed by atoms with Crippen molar-refractivity contribution >= 4 is 23.5 Å². The summed E-state index contributed by atoms with van der Waals surface area (Å²) in [6, 6.07) is 9.23. The van der Waals surface area contributed by atoms with Crippen molar-refractivity contribution in [1.29, 1.82) is 0 Å². The average molecular weight is 503 g/mol. The van der Waals surface area contributed by atoms with Crippen LogP contribution in [-0.2, 0) is 24.6 Å². The number of nitrogens with zero attached hydrogens (tertiary/aromatic N) is 2. The Morgan fingerprint density at radius 1 is 0.500 bits per heavy atom. The highest BCUT2D eigenvalue weighted by molar-refractivity contribution is 8.02. The van der Waals surface area contributed by atoms with Crippen molar-refractivity contribution < 1.29 is 9.13 Å². The molecule has 0 amide bonds. The summed E-state index contributed by atoms with van der Waals surface area (Å²) in [5.74, 6) is 4.70. The number of thioether (sulfide) groups is 2. The first kappa shape index (κ1) is 29.2. The summed E-state index contributed by atoms with van der Waals surface area (Å²) in [7, 11) is 0. The van der Waals surface area contributed by atoms with Gasteiger partial charge in [0.15, 0.2) is 24.8 Å². The Kier molecular flexibility index (Phi) is 17.4. The fourth-order valence-corrected chi connectivity index (χ4v) is 6.20. The molecule has 190 valence electrons. The van der Waals surface area contributed by atoms with Gasteiger partial charge in [0.05, 0.1) is 0 Å². The molecule has 0 atom stereocenters. The molecular formula is C30H50N2S2+2. The Bertz CT molecular complexity index is 652. The highest BCUT2D eigenvalue weighted by Gasteiger charge is 2.03. The van der Waals surface area contributed by atoms with Crippen molar-refractivity contribution in [3.63, 3.8) is 0 Å². The van der Waals surface area contributed by atoms with E-state index < -0.39 is 0 Å². The van der Waals surface area contributed by atoms with Gasteiger partial charge in [-0.3, -0.25) is 0 Å². The van der Waals surface area contributed by atoms with Crippen molar-refractivity contribution in [2.45, 2.75) is 115 Å². The van der Waals surface area contributed by atoms with Crippen molar-refractivity contribution in [2.75, 3.05) is 11.5 Å². The van der Waals surface area contributed by atoms with E-state index in [0.717, 1.165) is 24.6 Å². The van der Waals surface area contributed by atoms with Crippen molar-refractivity contribution in [3.05, 3.63) is 60.2 Å². The standard InChI is InChI=1S/C30H50N2S2/c1-3-5-7-9-11-13-19-31-21-15-29(16-22-31)27-33-25-26-34-28-30-17-23-32(24-18-30)20-14-12-10-8-6-4-2/h15-18,21-24H,3-14,19-20,25-28H2,1-2H3/q+2. The van der Waals surface area contributed by atoms with Crippen LogP contribution in [0, 0.1) is 0 Å². The Morgan fingerprint density at radius 3 is 1.24 bits per heavy atom. The third kappa shape index (κ3) is 14.4. The molecule has 0 radical (unpaired) electrons. The second-order valence-electron chi connectivity index (χ2n) is 9.53. The molecule has 2 aromatic heterocycles. The number of hydrogen-bond acceptors (Lipinski definition) is 2. The lowest BCUT2D eigenvalue weighted by Crippen LogP contribution is -2.32. The Labute approximate surface area is 219 Å². The number of hydrogen-bond donors (Lipinski definition) is 0. The van der Waals surface area contributed by atoms with Gasteiger partial charge >= 0.3 is 0 Å². The van der Waals surface area contributed by atoms with Crippen molar-refractivity contribution in [1.82, 2.24) is 0 Å². The van der Waals surface area contributed by atoms with E-state index >= 15 is 0 Å².